The summed E-state index contributed by atoms with van der Waals surface area (Å²) in [5, 5.41) is 8.67. The standard InChI is InChI=1S/C29H36N4O8/c1-30-24-25(27(36)20-10-7-6-9-19(20)26(24)35)33(13-14-38-2)23(34)17-31-11-8-12-32-29(37)18-15-21(39-3)28(41-5)22(16-18)40-4/h6-7,9-10,15-16,30-31H,8,11-14,17H2,1-5H3,(H,32,37). The number of ether oxygens (including phenoxy) is 4. The first-order chi connectivity index (χ1) is 19.8. The number of ketones is 2. The van der Waals surface area contributed by atoms with Crippen molar-refractivity contribution in [2.24, 2.45) is 0 Å². The molecule has 0 saturated carbocycles. The number of likely N-dealkylation sites (N-methyl/N-ethyl adjacent to an activating group) is 1. The number of fused-ring (bicyclic) bond motifs is 1. The van der Waals surface area contributed by atoms with E-state index in [0.717, 1.165) is 0 Å². The van der Waals surface area contributed by atoms with Crippen molar-refractivity contribution in [1.82, 2.24) is 20.9 Å². The van der Waals surface area contributed by atoms with E-state index in [4.69, 9.17) is 18.9 Å². The first kappa shape index (κ1) is 31.1. The smallest absolute Gasteiger partial charge is 0.251 e. The van der Waals surface area contributed by atoms with Gasteiger partial charge in [0.1, 0.15) is 11.4 Å². The highest BCUT2D eigenvalue weighted by Gasteiger charge is 2.36. The fourth-order valence-corrected chi connectivity index (χ4v) is 4.42. The maximum atomic E-state index is 13.4. The molecule has 12 heteroatoms. The van der Waals surface area contributed by atoms with Crippen molar-refractivity contribution in [3.8, 4) is 17.2 Å². The molecule has 41 heavy (non-hydrogen) atoms. The Morgan fingerprint density at radius 2 is 1.51 bits per heavy atom. The molecule has 1 aliphatic carbocycles. The van der Waals surface area contributed by atoms with Crippen molar-refractivity contribution in [2.45, 2.75) is 6.42 Å². The van der Waals surface area contributed by atoms with E-state index in [-0.39, 0.29) is 53.9 Å². The largest absolute Gasteiger partial charge is 0.493 e. The average Bonchev–Trinajstić information content (AvgIpc) is 3.00. The summed E-state index contributed by atoms with van der Waals surface area (Å²) >= 11 is 0. The zero-order chi connectivity index (χ0) is 29.9. The third-order valence-corrected chi connectivity index (χ3v) is 6.45. The quantitative estimate of drug-likeness (QED) is 0.270. The molecular weight excluding hydrogens is 532 g/mol. The van der Waals surface area contributed by atoms with Crippen LogP contribution >= 0.6 is 0 Å². The molecule has 2 aromatic rings. The Bertz CT molecular complexity index is 1300. The van der Waals surface area contributed by atoms with Crippen molar-refractivity contribution >= 4 is 23.4 Å². The van der Waals surface area contributed by atoms with Crippen molar-refractivity contribution in [3.05, 3.63) is 64.5 Å². The van der Waals surface area contributed by atoms with Crippen LogP contribution in [0.1, 0.15) is 37.5 Å². The Morgan fingerprint density at radius 3 is 2.07 bits per heavy atom. The minimum absolute atomic E-state index is 0.00217. The molecule has 0 unspecified atom stereocenters. The highest BCUT2D eigenvalue weighted by Crippen LogP contribution is 2.38. The molecule has 2 amide bonds. The van der Waals surface area contributed by atoms with Gasteiger partial charge in [0.15, 0.2) is 11.5 Å². The van der Waals surface area contributed by atoms with E-state index >= 15 is 0 Å². The number of methoxy groups -OCH3 is 4. The number of amides is 2. The first-order valence-corrected chi connectivity index (χ1v) is 13.0. The molecule has 0 saturated heterocycles. The van der Waals surface area contributed by atoms with E-state index in [1.807, 2.05) is 0 Å². The number of carbonyl (C=O) groups is 4. The molecule has 12 nitrogen and oxygen atoms in total. The summed E-state index contributed by atoms with van der Waals surface area (Å²) in [6.07, 6.45) is 0.525. The normalized spacial score (nSPS) is 12.5. The molecule has 0 atom stereocenters. The Balaban J connectivity index is 1.60. The topological polar surface area (TPSA) is 145 Å². The predicted molar refractivity (Wildman–Crippen MR) is 151 cm³/mol. The molecular formula is C29H36N4O8. The molecule has 3 rings (SSSR count). The molecule has 0 aromatic heterocycles. The van der Waals surface area contributed by atoms with E-state index in [1.165, 1.54) is 40.4 Å². The molecule has 3 N–H and O–H groups in total. The third kappa shape index (κ3) is 7.02. The lowest BCUT2D eigenvalue weighted by Crippen LogP contribution is -2.45. The van der Waals surface area contributed by atoms with E-state index in [0.29, 0.717) is 42.3 Å². The average molecular weight is 569 g/mol. The number of allylic oxidation sites excluding steroid dienone is 2. The van der Waals surface area contributed by atoms with Crippen LogP contribution in [-0.4, -0.2) is 96.6 Å². The van der Waals surface area contributed by atoms with E-state index in [9.17, 15) is 19.2 Å². The second-order valence-corrected chi connectivity index (χ2v) is 8.92. The van der Waals surface area contributed by atoms with E-state index < -0.39 is 11.7 Å². The first-order valence-electron chi connectivity index (χ1n) is 13.0. The van der Waals surface area contributed by atoms with Crippen LogP contribution in [0.4, 0.5) is 0 Å². The number of Topliss-reactive ketones (excluding diaryl/α,β-unsaturated/α-hetero) is 2. The van der Waals surface area contributed by atoms with Crippen molar-refractivity contribution in [3.63, 3.8) is 0 Å². The maximum absolute atomic E-state index is 13.4. The fourth-order valence-electron chi connectivity index (χ4n) is 4.42. The molecule has 0 radical (unpaired) electrons. The van der Waals surface area contributed by atoms with Crippen LogP contribution in [0.15, 0.2) is 47.8 Å². The highest BCUT2D eigenvalue weighted by molar-refractivity contribution is 6.27. The summed E-state index contributed by atoms with van der Waals surface area (Å²) in [6, 6.07) is 9.65. The molecule has 2 aromatic carbocycles. The lowest BCUT2D eigenvalue weighted by molar-refractivity contribution is -0.128. The van der Waals surface area contributed by atoms with Gasteiger partial charge in [-0.1, -0.05) is 24.3 Å². The second kappa shape index (κ2) is 14.8. The number of hydrogen-bond acceptors (Lipinski definition) is 10. The van der Waals surface area contributed by atoms with Gasteiger partial charge in [-0.15, -0.1) is 0 Å². The molecule has 0 heterocycles. The Morgan fingerprint density at radius 1 is 0.878 bits per heavy atom. The lowest BCUT2D eigenvalue weighted by Gasteiger charge is -2.30. The van der Waals surface area contributed by atoms with Gasteiger partial charge in [-0.25, -0.2) is 0 Å². The number of nitrogens with zero attached hydrogens (tertiary/aromatic N) is 1. The number of nitrogens with one attached hydrogen (secondary N) is 3. The summed E-state index contributed by atoms with van der Waals surface area (Å²) in [5.74, 6) is -0.361. The molecule has 0 bridgehead atoms. The van der Waals surface area contributed by atoms with Gasteiger partial charge in [-0.2, -0.15) is 0 Å². The molecule has 1 aliphatic rings. The summed E-state index contributed by atoms with van der Waals surface area (Å²) in [4.78, 5) is 53.7. The minimum Gasteiger partial charge on any atom is -0.493 e. The Hall–Kier alpha value is -4.42. The van der Waals surface area contributed by atoms with Crippen LogP contribution in [-0.2, 0) is 9.53 Å². The van der Waals surface area contributed by atoms with Gasteiger partial charge < -0.3 is 39.8 Å². The van der Waals surface area contributed by atoms with Crippen LogP contribution in [0, 0.1) is 0 Å². The van der Waals surface area contributed by atoms with E-state index in [2.05, 4.69) is 16.0 Å². The van der Waals surface area contributed by atoms with Crippen LogP contribution in [0.25, 0.3) is 0 Å². The maximum Gasteiger partial charge on any atom is 0.251 e. The van der Waals surface area contributed by atoms with Gasteiger partial charge >= 0.3 is 0 Å². The van der Waals surface area contributed by atoms with E-state index in [1.54, 1.807) is 36.4 Å². The van der Waals surface area contributed by atoms with Crippen molar-refractivity contribution < 1.29 is 38.1 Å². The van der Waals surface area contributed by atoms with Gasteiger partial charge in [-0.3, -0.25) is 19.2 Å². The molecule has 220 valence electrons. The zero-order valence-corrected chi connectivity index (χ0v) is 23.9. The minimum atomic E-state index is -0.413. The van der Waals surface area contributed by atoms with Crippen LogP contribution < -0.4 is 30.2 Å². The predicted octanol–water partition coefficient (Wildman–Crippen LogP) is 1.41. The molecule has 0 spiro atoms. The summed E-state index contributed by atoms with van der Waals surface area (Å²) in [6.45, 7) is 0.913. The SMILES string of the molecule is CNC1=C(N(CCOC)C(=O)CNCCCNC(=O)c2cc(OC)c(OC)c(OC)c2)C(=O)c2ccccc2C1=O. The zero-order valence-electron chi connectivity index (χ0n) is 23.9. The van der Waals surface area contributed by atoms with Gasteiger partial charge in [0, 0.05) is 43.9 Å². The van der Waals surface area contributed by atoms with Crippen LogP contribution in [0.5, 0.6) is 17.2 Å². The van der Waals surface area contributed by atoms with Crippen molar-refractivity contribution in [1.29, 1.82) is 0 Å². The number of benzene rings is 2. The molecule has 0 aliphatic heterocycles. The summed E-state index contributed by atoms with van der Waals surface area (Å²) in [7, 11) is 7.46. The second-order valence-electron chi connectivity index (χ2n) is 8.92. The van der Waals surface area contributed by atoms with Crippen LogP contribution in [0.2, 0.25) is 0 Å². The van der Waals surface area contributed by atoms with Gasteiger partial charge in [0.25, 0.3) is 5.91 Å². The number of rotatable bonds is 15. The van der Waals surface area contributed by atoms with Gasteiger partial charge in [-0.05, 0) is 25.1 Å². The van der Waals surface area contributed by atoms with Gasteiger partial charge in [0.2, 0.25) is 23.2 Å². The number of carbonyl (C=O) groups excluding carboxylic acids is 4. The lowest BCUT2D eigenvalue weighted by atomic mass is 9.89. The summed E-state index contributed by atoms with van der Waals surface area (Å²) in [5.41, 5.74) is 0.942. The third-order valence-electron chi connectivity index (χ3n) is 6.45. The Labute approximate surface area is 239 Å². The number of hydrogen-bond donors (Lipinski definition) is 3. The summed E-state index contributed by atoms with van der Waals surface area (Å²) < 4.78 is 21.0. The monoisotopic (exact) mass is 568 g/mol. The molecule has 0 fully saturated rings. The Kier molecular flexibility index (Phi) is 11.2. The fraction of sp³-hybridized carbons (Fsp3) is 0.379. The van der Waals surface area contributed by atoms with Crippen molar-refractivity contribution in [2.75, 3.05) is 68.3 Å². The van der Waals surface area contributed by atoms with Gasteiger partial charge in [0.05, 0.1) is 34.5 Å². The van der Waals surface area contributed by atoms with Crippen LogP contribution in [0.3, 0.4) is 0 Å². The highest BCUT2D eigenvalue weighted by atomic mass is 16.5.